The molecule has 1 heterocycles. The van der Waals surface area contributed by atoms with Crippen LogP contribution in [-0.2, 0) is 14.3 Å². The molecule has 9 heteroatoms. The Morgan fingerprint density at radius 1 is 1.42 bits per heavy atom. The molecular weight excluding hydrogens is 334 g/mol. The van der Waals surface area contributed by atoms with Gasteiger partial charge in [0.25, 0.3) is 5.69 Å². The molecule has 0 aliphatic carbocycles. The minimum Gasteiger partial charge on any atom is -0.376 e. The third kappa shape index (κ3) is 4.24. The second kappa shape index (κ2) is 7.63. The molecule has 0 bridgehead atoms. The van der Waals surface area contributed by atoms with Crippen molar-refractivity contribution in [1.29, 1.82) is 0 Å². The van der Waals surface area contributed by atoms with E-state index in [0.29, 0.717) is 5.56 Å². The maximum absolute atomic E-state index is 12.0. The Labute approximate surface area is 143 Å². The van der Waals surface area contributed by atoms with Gasteiger partial charge < -0.3 is 15.4 Å². The molecule has 1 aliphatic heterocycles. The molecule has 1 aromatic rings. The molecule has 1 fully saturated rings. The van der Waals surface area contributed by atoms with Gasteiger partial charge in [0.15, 0.2) is 0 Å². The molecule has 1 aliphatic rings. The van der Waals surface area contributed by atoms with Crippen molar-refractivity contribution in [3.8, 4) is 0 Å². The second-order valence-electron chi connectivity index (χ2n) is 5.60. The molecule has 0 radical (unpaired) electrons. The summed E-state index contributed by atoms with van der Waals surface area (Å²) in [4.78, 5) is 34.4. The quantitative estimate of drug-likeness (QED) is 0.471. The molecule has 0 saturated carbocycles. The Balaban J connectivity index is 1.99. The fourth-order valence-electron chi connectivity index (χ4n) is 2.36. The lowest BCUT2D eigenvalue weighted by atomic mass is 10.0. The number of methoxy groups -OCH3 is 1. The Bertz CT molecular complexity index is 659. The highest BCUT2D eigenvalue weighted by Crippen LogP contribution is 2.30. The van der Waals surface area contributed by atoms with Gasteiger partial charge in [-0.25, -0.2) is 0 Å². The van der Waals surface area contributed by atoms with E-state index < -0.39 is 22.3 Å². The van der Waals surface area contributed by atoms with Crippen LogP contribution in [0.3, 0.4) is 0 Å². The fourth-order valence-corrected chi connectivity index (χ4v) is 3.76. The van der Waals surface area contributed by atoms with Gasteiger partial charge in [0, 0.05) is 25.5 Å². The van der Waals surface area contributed by atoms with Gasteiger partial charge in [-0.1, -0.05) is 6.07 Å². The summed E-state index contributed by atoms with van der Waals surface area (Å²) in [7, 11) is 1.58. The van der Waals surface area contributed by atoms with Crippen LogP contribution in [0, 0.1) is 17.0 Å². The molecule has 2 amide bonds. The van der Waals surface area contributed by atoms with Gasteiger partial charge in [0.05, 0.1) is 10.5 Å². The van der Waals surface area contributed by atoms with Gasteiger partial charge in [-0.05, 0) is 30.7 Å². The molecule has 130 valence electrons. The zero-order valence-corrected chi connectivity index (χ0v) is 14.3. The zero-order chi connectivity index (χ0) is 17.7. The number of amides is 2. The van der Waals surface area contributed by atoms with E-state index in [1.807, 2.05) is 0 Å². The van der Waals surface area contributed by atoms with Crippen LogP contribution in [0.2, 0.25) is 0 Å². The summed E-state index contributed by atoms with van der Waals surface area (Å²) < 4.78 is 5.45. The van der Waals surface area contributed by atoms with Crippen LogP contribution in [0.15, 0.2) is 18.2 Å². The van der Waals surface area contributed by atoms with Crippen molar-refractivity contribution in [2.24, 2.45) is 0 Å². The van der Waals surface area contributed by atoms with E-state index in [0.717, 1.165) is 17.9 Å². The van der Waals surface area contributed by atoms with Crippen LogP contribution >= 0.6 is 11.8 Å². The zero-order valence-electron chi connectivity index (χ0n) is 13.5. The Morgan fingerprint density at radius 2 is 2.17 bits per heavy atom. The lowest BCUT2D eigenvalue weighted by Crippen LogP contribution is -2.47. The number of nitrogens with zero attached hydrogens (tertiary/aromatic N) is 1. The highest BCUT2D eigenvalue weighted by Gasteiger charge is 2.35. The Kier molecular flexibility index (Phi) is 5.79. The number of thioether (sulfide) groups is 1. The van der Waals surface area contributed by atoms with E-state index in [9.17, 15) is 19.7 Å². The highest BCUT2D eigenvalue weighted by atomic mass is 32.2. The summed E-state index contributed by atoms with van der Waals surface area (Å²) in [6, 6.07) is 4.36. The number of nitro groups is 1. The smallest absolute Gasteiger partial charge is 0.313 e. The standard InChI is InChI=1S/C15H19N3O5S/c1-10-3-4-11(12(7-10)18(21)22)17-14(20)13(19)16-8-15(23-2)5-6-24-9-15/h3-4,7H,5-6,8-9H2,1-2H3,(H,16,19)(H,17,20). The van der Waals surface area contributed by atoms with E-state index in [4.69, 9.17) is 4.74 Å². The van der Waals surface area contributed by atoms with Gasteiger partial charge in [0.2, 0.25) is 0 Å². The number of hydrogen-bond donors (Lipinski definition) is 2. The third-order valence-electron chi connectivity index (χ3n) is 3.88. The normalized spacial score (nSPS) is 19.8. The lowest BCUT2D eigenvalue weighted by Gasteiger charge is -2.26. The maximum Gasteiger partial charge on any atom is 0.313 e. The van der Waals surface area contributed by atoms with E-state index in [1.54, 1.807) is 31.9 Å². The SMILES string of the molecule is COC1(CNC(=O)C(=O)Nc2ccc(C)cc2[N+](=O)[O-])CCSC1. The summed E-state index contributed by atoms with van der Waals surface area (Å²) in [5.74, 6) is -0.114. The van der Waals surface area contributed by atoms with Crippen molar-refractivity contribution in [2.75, 3.05) is 30.5 Å². The fraction of sp³-hybridized carbons (Fsp3) is 0.467. The molecule has 1 saturated heterocycles. The topological polar surface area (TPSA) is 111 Å². The predicted molar refractivity (Wildman–Crippen MR) is 91.2 cm³/mol. The van der Waals surface area contributed by atoms with Gasteiger partial charge >= 0.3 is 11.8 Å². The van der Waals surface area contributed by atoms with Gasteiger partial charge in [-0.3, -0.25) is 19.7 Å². The van der Waals surface area contributed by atoms with E-state index >= 15 is 0 Å². The minimum absolute atomic E-state index is 0.0105. The van der Waals surface area contributed by atoms with Crippen molar-refractivity contribution in [3.05, 3.63) is 33.9 Å². The van der Waals surface area contributed by atoms with E-state index in [2.05, 4.69) is 10.6 Å². The number of hydrogen-bond acceptors (Lipinski definition) is 6. The second-order valence-corrected chi connectivity index (χ2v) is 6.71. The first kappa shape index (κ1) is 18.2. The third-order valence-corrected chi connectivity index (χ3v) is 5.10. The van der Waals surface area contributed by atoms with Crippen LogP contribution in [-0.4, -0.2) is 47.5 Å². The number of anilines is 1. The average Bonchev–Trinajstić information content (AvgIpc) is 3.03. The number of rotatable bonds is 5. The number of ether oxygens (including phenoxy) is 1. The summed E-state index contributed by atoms with van der Waals surface area (Å²) in [5, 5.41) is 15.9. The molecule has 0 aromatic heterocycles. The summed E-state index contributed by atoms with van der Waals surface area (Å²) in [5.41, 5.74) is -0.0403. The highest BCUT2D eigenvalue weighted by molar-refractivity contribution is 7.99. The van der Waals surface area contributed by atoms with E-state index in [1.165, 1.54) is 12.1 Å². The summed E-state index contributed by atoms with van der Waals surface area (Å²) in [6.45, 7) is 1.92. The average molecular weight is 353 g/mol. The molecule has 1 aromatic carbocycles. The lowest BCUT2D eigenvalue weighted by molar-refractivity contribution is -0.384. The number of nitro benzene ring substituents is 1. The maximum atomic E-state index is 12.0. The molecule has 0 spiro atoms. The number of nitrogens with one attached hydrogen (secondary N) is 2. The first-order valence-corrected chi connectivity index (χ1v) is 8.49. The molecule has 2 rings (SSSR count). The minimum atomic E-state index is -0.946. The Hall–Kier alpha value is -2.13. The monoisotopic (exact) mass is 353 g/mol. The molecule has 1 unspecified atom stereocenters. The van der Waals surface area contributed by atoms with Crippen LogP contribution < -0.4 is 10.6 Å². The van der Waals surface area contributed by atoms with Crippen molar-refractivity contribution >= 4 is 35.0 Å². The van der Waals surface area contributed by atoms with Crippen LogP contribution in [0.5, 0.6) is 0 Å². The van der Waals surface area contributed by atoms with E-state index in [-0.39, 0.29) is 17.9 Å². The summed E-state index contributed by atoms with van der Waals surface area (Å²) in [6.07, 6.45) is 0.791. The van der Waals surface area contributed by atoms with Crippen molar-refractivity contribution in [3.63, 3.8) is 0 Å². The van der Waals surface area contributed by atoms with Gasteiger partial charge in [-0.15, -0.1) is 0 Å². The van der Waals surface area contributed by atoms with Crippen molar-refractivity contribution in [1.82, 2.24) is 5.32 Å². The van der Waals surface area contributed by atoms with Crippen molar-refractivity contribution in [2.45, 2.75) is 18.9 Å². The molecule has 1 atom stereocenters. The summed E-state index contributed by atoms with van der Waals surface area (Å²) >= 11 is 1.72. The molecular formula is C15H19N3O5S. The number of aryl methyl sites for hydroxylation is 1. The molecule has 2 N–H and O–H groups in total. The molecule has 8 nitrogen and oxygen atoms in total. The van der Waals surface area contributed by atoms with Crippen LogP contribution in [0.25, 0.3) is 0 Å². The number of carbonyl (C=O) groups is 2. The van der Waals surface area contributed by atoms with Crippen LogP contribution in [0.1, 0.15) is 12.0 Å². The van der Waals surface area contributed by atoms with Crippen molar-refractivity contribution < 1.29 is 19.2 Å². The largest absolute Gasteiger partial charge is 0.376 e. The number of benzene rings is 1. The Morgan fingerprint density at radius 3 is 2.75 bits per heavy atom. The first-order chi connectivity index (χ1) is 11.4. The van der Waals surface area contributed by atoms with Gasteiger partial charge in [-0.2, -0.15) is 11.8 Å². The van der Waals surface area contributed by atoms with Gasteiger partial charge in [0.1, 0.15) is 5.69 Å². The predicted octanol–water partition coefficient (Wildman–Crippen LogP) is 1.48. The van der Waals surface area contributed by atoms with Crippen LogP contribution in [0.4, 0.5) is 11.4 Å². The first-order valence-electron chi connectivity index (χ1n) is 7.34. The molecule has 24 heavy (non-hydrogen) atoms. The number of carbonyl (C=O) groups excluding carboxylic acids is 2.